The van der Waals surface area contributed by atoms with Crippen LogP contribution in [0.5, 0.6) is 5.75 Å². The van der Waals surface area contributed by atoms with Gasteiger partial charge in [-0.25, -0.2) is 4.79 Å². The van der Waals surface area contributed by atoms with Gasteiger partial charge in [0.1, 0.15) is 18.0 Å². The van der Waals surface area contributed by atoms with Crippen LogP contribution in [0.1, 0.15) is 48.7 Å². The zero-order valence-corrected chi connectivity index (χ0v) is 20.8. The minimum Gasteiger partial charge on any atom is -0.487 e. The van der Waals surface area contributed by atoms with E-state index in [1.54, 1.807) is 17.2 Å². The summed E-state index contributed by atoms with van der Waals surface area (Å²) in [6.45, 7) is 8.32. The molecule has 0 spiro atoms. The fourth-order valence-corrected chi connectivity index (χ4v) is 4.09. The Labute approximate surface area is 208 Å². The van der Waals surface area contributed by atoms with Crippen molar-refractivity contribution in [2.24, 2.45) is 0 Å². The maximum absolute atomic E-state index is 13.6. The molecule has 2 aromatic carbocycles. The highest BCUT2D eigenvalue weighted by Gasteiger charge is 2.32. The van der Waals surface area contributed by atoms with Gasteiger partial charge in [0.05, 0.1) is 11.3 Å². The molecular weight excluding hydrogens is 469 g/mol. The van der Waals surface area contributed by atoms with E-state index in [9.17, 15) is 18.0 Å². The van der Waals surface area contributed by atoms with Crippen LogP contribution in [0.2, 0.25) is 0 Å². The lowest BCUT2D eigenvalue weighted by molar-refractivity contribution is -0.137. The Morgan fingerprint density at radius 2 is 1.81 bits per heavy atom. The Morgan fingerprint density at radius 3 is 2.50 bits per heavy atom. The summed E-state index contributed by atoms with van der Waals surface area (Å²) in [4.78, 5) is 18.5. The van der Waals surface area contributed by atoms with Crippen molar-refractivity contribution in [1.82, 2.24) is 9.88 Å². The Balaban J connectivity index is 1.65. The third kappa shape index (κ3) is 6.17. The average molecular weight is 499 g/mol. The normalized spacial score (nSPS) is 13.8. The molecule has 4 rings (SSSR count). The molecule has 5 nitrogen and oxygen atoms in total. The third-order valence-electron chi connectivity index (χ3n) is 5.84. The van der Waals surface area contributed by atoms with Crippen LogP contribution in [-0.4, -0.2) is 28.1 Å². The molecule has 0 radical (unpaired) electrons. The van der Waals surface area contributed by atoms with Gasteiger partial charge in [0, 0.05) is 24.8 Å². The number of amides is 1. The summed E-state index contributed by atoms with van der Waals surface area (Å²) >= 11 is 0. The topological polar surface area (TPSA) is 51.7 Å². The van der Waals surface area contributed by atoms with E-state index in [1.165, 1.54) is 6.07 Å². The van der Waals surface area contributed by atoms with E-state index in [-0.39, 0.29) is 6.61 Å². The number of aromatic nitrogens is 1. The van der Waals surface area contributed by atoms with Crippen molar-refractivity contribution in [3.63, 3.8) is 0 Å². The monoisotopic (exact) mass is 498 g/mol. The summed E-state index contributed by atoms with van der Waals surface area (Å²) in [6, 6.07) is 12.7. The van der Waals surface area contributed by atoms with E-state index >= 15 is 0 Å². The van der Waals surface area contributed by atoms with E-state index in [0.29, 0.717) is 42.1 Å². The number of ether oxygens (including phenoxy) is 2. The highest BCUT2D eigenvalue weighted by molar-refractivity contribution is 5.73. The summed E-state index contributed by atoms with van der Waals surface area (Å²) in [5, 5.41) is 0. The van der Waals surface area contributed by atoms with Crippen molar-refractivity contribution < 1.29 is 27.4 Å². The molecule has 8 heteroatoms. The predicted molar refractivity (Wildman–Crippen MR) is 131 cm³/mol. The number of benzene rings is 2. The molecule has 36 heavy (non-hydrogen) atoms. The molecule has 0 saturated heterocycles. The van der Waals surface area contributed by atoms with Crippen LogP contribution < -0.4 is 4.74 Å². The molecular formula is C28H29F3N2O3. The van der Waals surface area contributed by atoms with Gasteiger partial charge in [0.15, 0.2) is 0 Å². The van der Waals surface area contributed by atoms with Gasteiger partial charge >= 0.3 is 12.3 Å². The summed E-state index contributed by atoms with van der Waals surface area (Å²) in [5.74, 6) is 0.325. The highest BCUT2D eigenvalue weighted by Crippen LogP contribution is 2.38. The molecule has 0 bridgehead atoms. The molecule has 0 unspecified atom stereocenters. The fraction of sp³-hybridized carbons (Fsp3) is 0.357. The maximum Gasteiger partial charge on any atom is 0.416 e. The number of halogens is 3. The molecule has 0 atom stereocenters. The summed E-state index contributed by atoms with van der Waals surface area (Å²) in [7, 11) is 0. The van der Waals surface area contributed by atoms with Crippen LogP contribution in [0, 0.1) is 6.92 Å². The molecule has 1 aliphatic rings. The first-order chi connectivity index (χ1) is 16.9. The summed E-state index contributed by atoms with van der Waals surface area (Å²) in [5.41, 5.74) is 3.15. The molecule has 1 aliphatic heterocycles. The number of hydrogen-bond acceptors (Lipinski definition) is 4. The number of carbonyl (C=O) groups excluding carboxylic acids is 1. The van der Waals surface area contributed by atoms with Gasteiger partial charge in [-0.2, -0.15) is 13.2 Å². The van der Waals surface area contributed by atoms with Gasteiger partial charge in [0.2, 0.25) is 0 Å². The average Bonchev–Trinajstić information content (AvgIpc) is 2.80. The van der Waals surface area contributed by atoms with Crippen LogP contribution in [0.15, 0.2) is 54.7 Å². The van der Waals surface area contributed by atoms with Gasteiger partial charge in [-0.05, 0) is 92.8 Å². The SMILES string of the molecule is Cc1ccnc(COc2ccc(C(F)(F)F)cc2-c2ccc3c(c2)CN(C(=O)OC(C)(C)C)CC3)c1. The van der Waals surface area contributed by atoms with Crippen molar-refractivity contribution in [3.8, 4) is 16.9 Å². The van der Waals surface area contributed by atoms with Crippen LogP contribution in [0.4, 0.5) is 18.0 Å². The zero-order chi connectivity index (χ0) is 26.1. The number of alkyl halides is 3. The van der Waals surface area contributed by atoms with Gasteiger partial charge < -0.3 is 14.4 Å². The van der Waals surface area contributed by atoms with Crippen LogP contribution in [-0.2, 0) is 30.5 Å². The van der Waals surface area contributed by atoms with Crippen molar-refractivity contribution in [1.29, 1.82) is 0 Å². The second-order valence-electron chi connectivity index (χ2n) is 9.96. The van der Waals surface area contributed by atoms with E-state index in [1.807, 2.05) is 52.0 Å². The molecule has 2 heterocycles. The first kappa shape index (κ1) is 25.5. The van der Waals surface area contributed by atoms with Crippen LogP contribution in [0.3, 0.4) is 0 Å². The Hall–Kier alpha value is -3.55. The number of nitrogens with zero attached hydrogens (tertiary/aromatic N) is 2. The number of rotatable bonds is 4. The first-order valence-corrected chi connectivity index (χ1v) is 11.7. The lowest BCUT2D eigenvalue weighted by atomic mass is 9.93. The molecule has 0 fully saturated rings. The van der Waals surface area contributed by atoms with Crippen molar-refractivity contribution in [2.75, 3.05) is 6.54 Å². The summed E-state index contributed by atoms with van der Waals surface area (Å²) in [6.07, 6.45) is -2.60. The van der Waals surface area contributed by atoms with Gasteiger partial charge in [-0.3, -0.25) is 4.98 Å². The predicted octanol–water partition coefficient (Wildman–Crippen LogP) is 6.95. The van der Waals surface area contributed by atoms with Gasteiger partial charge in [-0.1, -0.05) is 12.1 Å². The van der Waals surface area contributed by atoms with Gasteiger partial charge in [-0.15, -0.1) is 0 Å². The fourth-order valence-electron chi connectivity index (χ4n) is 4.09. The van der Waals surface area contributed by atoms with Crippen molar-refractivity contribution >= 4 is 6.09 Å². The number of aryl methyl sites for hydroxylation is 1. The number of carbonyl (C=O) groups is 1. The maximum atomic E-state index is 13.6. The summed E-state index contributed by atoms with van der Waals surface area (Å²) < 4.78 is 52.1. The lowest BCUT2D eigenvalue weighted by Gasteiger charge is -2.31. The quantitative estimate of drug-likeness (QED) is 0.391. The Morgan fingerprint density at radius 1 is 1.03 bits per heavy atom. The molecule has 0 aliphatic carbocycles. The van der Waals surface area contributed by atoms with E-state index < -0.39 is 23.4 Å². The van der Waals surface area contributed by atoms with Crippen molar-refractivity contribution in [2.45, 2.75) is 59.0 Å². The smallest absolute Gasteiger partial charge is 0.416 e. The largest absolute Gasteiger partial charge is 0.487 e. The number of fused-ring (bicyclic) bond motifs is 1. The minimum atomic E-state index is -4.49. The van der Waals surface area contributed by atoms with Crippen LogP contribution >= 0.6 is 0 Å². The highest BCUT2D eigenvalue weighted by atomic mass is 19.4. The first-order valence-electron chi connectivity index (χ1n) is 11.7. The minimum absolute atomic E-state index is 0.122. The van der Waals surface area contributed by atoms with Crippen LogP contribution in [0.25, 0.3) is 11.1 Å². The molecule has 190 valence electrons. The van der Waals surface area contributed by atoms with E-state index in [4.69, 9.17) is 9.47 Å². The Kier molecular flexibility index (Phi) is 6.98. The lowest BCUT2D eigenvalue weighted by Crippen LogP contribution is -2.39. The molecule has 0 N–H and O–H groups in total. The number of pyridine rings is 1. The second kappa shape index (κ2) is 9.84. The zero-order valence-electron chi connectivity index (χ0n) is 20.8. The molecule has 1 amide bonds. The van der Waals surface area contributed by atoms with E-state index in [0.717, 1.165) is 28.8 Å². The van der Waals surface area contributed by atoms with Gasteiger partial charge in [0.25, 0.3) is 0 Å². The third-order valence-corrected chi connectivity index (χ3v) is 5.84. The standard InChI is InChI=1S/C28H29F3N2O3/c1-18-9-11-32-23(13-18)17-35-25-8-7-22(28(29,30)31)15-24(25)20-6-5-19-10-12-33(16-21(19)14-20)26(34)36-27(2,3)4/h5-9,11,13-15H,10,12,16-17H2,1-4H3. The molecule has 0 saturated carbocycles. The van der Waals surface area contributed by atoms with Crippen molar-refractivity contribution in [3.05, 3.63) is 82.7 Å². The number of hydrogen-bond donors (Lipinski definition) is 0. The molecule has 1 aromatic heterocycles. The van der Waals surface area contributed by atoms with E-state index in [2.05, 4.69) is 4.98 Å². The molecule has 3 aromatic rings. The Bertz CT molecular complexity index is 1270. The second-order valence-corrected chi connectivity index (χ2v) is 9.96.